The van der Waals surface area contributed by atoms with Gasteiger partial charge in [0, 0.05) is 37.0 Å². The average Bonchev–Trinajstić information content (AvgIpc) is 3.15. The third-order valence-corrected chi connectivity index (χ3v) is 6.12. The van der Waals surface area contributed by atoms with Crippen molar-refractivity contribution in [2.24, 2.45) is 4.99 Å². The van der Waals surface area contributed by atoms with E-state index in [0.29, 0.717) is 38.2 Å². The van der Waals surface area contributed by atoms with Crippen molar-refractivity contribution >= 4 is 30.2 Å². The van der Waals surface area contributed by atoms with Crippen LogP contribution in [0.3, 0.4) is 0 Å². The Balaban J connectivity index is 1.39. The standard InChI is InChI=1S/C25H26N4O3/c1-26-14-22(7-4-12-30)29-17-20-8-9-21(13-23(20)25(29)32)27-15-24(31)28-11-10-18-5-2-3-6-19(18)16-28/h2-6,8-9,13,22,27H,1,7,10-11,14-17H2. The number of hydrogen-bond donors (Lipinski definition) is 1. The SMILES string of the molecule is C=NCC(CC=C=O)N1Cc2ccc(NCC(=O)N3CCc4ccccc4C3)cc2C1=O. The maximum Gasteiger partial charge on any atom is 0.254 e. The Morgan fingerprint density at radius 3 is 2.78 bits per heavy atom. The Labute approximate surface area is 187 Å². The molecule has 4 rings (SSSR count). The summed E-state index contributed by atoms with van der Waals surface area (Å²) < 4.78 is 0. The molecule has 2 heterocycles. The molecule has 7 heteroatoms. The Bertz CT molecular complexity index is 1090. The zero-order chi connectivity index (χ0) is 22.5. The number of fused-ring (bicyclic) bond motifs is 2. The summed E-state index contributed by atoms with van der Waals surface area (Å²) >= 11 is 0. The molecule has 1 N–H and O–H groups in total. The van der Waals surface area contributed by atoms with Crippen LogP contribution in [0.15, 0.2) is 53.5 Å². The number of carbonyl (C=O) groups is 2. The van der Waals surface area contributed by atoms with Crippen molar-refractivity contribution < 1.29 is 14.4 Å². The van der Waals surface area contributed by atoms with Gasteiger partial charge in [0.15, 0.2) is 0 Å². The largest absolute Gasteiger partial charge is 0.376 e. The van der Waals surface area contributed by atoms with Gasteiger partial charge >= 0.3 is 0 Å². The van der Waals surface area contributed by atoms with Crippen LogP contribution in [0.25, 0.3) is 0 Å². The van der Waals surface area contributed by atoms with Crippen LogP contribution in [0.2, 0.25) is 0 Å². The van der Waals surface area contributed by atoms with E-state index in [1.807, 2.05) is 29.2 Å². The summed E-state index contributed by atoms with van der Waals surface area (Å²) in [4.78, 5) is 43.8. The highest BCUT2D eigenvalue weighted by atomic mass is 16.2. The minimum Gasteiger partial charge on any atom is -0.376 e. The lowest BCUT2D eigenvalue weighted by Gasteiger charge is -2.29. The van der Waals surface area contributed by atoms with Crippen molar-refractivity contribution in [3.05, 3.63) is 70.8 Å². The highest BCUT2D eigenvalue weighted by Gasteiger charge is 2.32. The summed E-state index contributed by atoms with van der Waals surface area (Å²) in [6.45, 7) is 5.85. The first-order valence-corrected chi connectivity index (χ1v) is 10.7. The van der Waals surface area contributed by atoms with Gasteiger partial charge in [-0.2, -0.15) is 0 Å². The summed E-state index contributed by atoms with van der Waals surface area (Å²) in [5.74, 6) is 1.70. The first-order valence-electron chi connectivity index (χ1n) is 10.7. The van der Waals surface area contributed by atoms with Crippen LogP contribution in [0.1, 0.15) is 33.5 Å². The molecular formula is C25H26N4O3. The van der Waals surface area contributed by atoms with Gasteiger partial charge in [-0.05, 0) is 48.4 Å². The smallest absolute Gasteiger partial charge is 0.254 e. The topological polar surface area (TPSA) is 82.1 Å². The van der Waals surface area contributed by atoms with Gasteiger partial charge in [-0.1, -0.05) is 30.3 Å². The molecule has 2 amide bonds. The number of hydrogen-bond acceptors (Lipinski definition) is 5. The molecule has 0 aromatic heterocycles. The minimum atomic E-state index is -0.228. The van der Waals surface area contributed by atoms with Gasteiger partial charge in [0.2, 0.25) is 5.91 Å². The van der Waals surface area contributed by atoms with Crippen LogP contribution in [0.4, 0.5) is 5.69 Å². The summed E-state index contributed by atoms with van der Waals surface area (Å²) in [6.07, 6.45) is 2.63. The molecule has 164 valence electrons. The first-order chi connectivity index (χ1) is 15.6. The van der Waals surface area contributed by atoms with Crippen molar-refractivity contribution in [2.45, 2.75) is 32.0 Å². The third-order valence-electron chi connectivity index (χ3n) is 6.12. The highest BCUT2D eigenvalue weighted by Crippen LogP contribution is 2.28. The van der Waals surface area contributed by atoms with Crippen LogP contribution in [0, 0.1) is 0 Å². The van der Waals surface area contributed by atoms with Crippen LogP contribution >= 0.6 is 0 Å². The Hall–Kier alpha value is -3.70. The first kappa shape index (κ1) is 21.5. The van der Waals surface area contributed by atoms with E-state index in [9.17, 15) is 14.4 Å². The predicted octanol–water partition coefficient (Wildman–Crippen LogP) is 2.49. The number of amides is 2. The zero-order valence-corrected chi connectivity index (χ0v) is 17.9. The molecule has 0 aliphatic carbocycles. The fraction of sp³-hybridized carbons (Fsp3) is 0.320. The Morgan fingerprint density at radius 2 is 2.00 bits per heavy atom. The molecule has 1 atom stereocenters. The number of nitrogens with zero attached hydrogens (tertiary/aromatic N) is 3. The van der Waals surface area contributed by atoms with E-state index in [1.54, 1.807) is 16.9 Å². The molecule has 2 aliphatic rings. The maximum atomic E-state index is 13.0. The number of anilines is 1. The molecule has 2 aliphatic heterocycles. The molecule has 0 spiro atoms. The van der Waals surface area contributed by atoms with Crippen molar-refractivity contribution in [1.82, 2.24) is 9.80 Å². The lowest BCUT2D eigenvalue weighted by molar-refractivity contribution is -0.130. The summed E-state index contributed by atoms with van der Waals surface area (Å²) in [5.41, 5.74) is 4.76. The third kappa shape index (κ3) is 4.48. The second-order valence-electron chi connectivity index (χ2n) is 8.11. The van der Waals surface area contributed by atoms with Crippen LogP contribution in [-0.2, 0) is 29.1 Å². The second kappa shape index (κ2) is 9.62. The lowest BCUT2D eigenvalue weighted by atomic mass is 10.00. The van der Waals surface area contributed by atoms with E-state index in [2.05, 4.69) is 29.2 Å². The van der Waals surface area contributed by atoms with E-state index in [1.165, 1.54) is 17.2 Å². The van der Waals surface area contributed by atoms with E-state index < -0.39 is 0 Å². The second-order valence-corrected chi connectivity index (χ2v) is 8.11. The Morgan fingerprint density at radius 1 is 1.19 bits per heavy atom. The molecule has 2 aromatic rings. The van der Waals surface area contributed by atoms with Gasteiger partial charge < -0.3 is 15.1 Å². The molecule has 0 saturated carbocycles. The van der Waals surface area contributed by atoms with Gasteiger partial charge in [0.05, 0.1) is 19.1 Å². The fourth-order valence-electron chi connectivity index (χ4n) is 4.36. The summed E-state index contributed by atoms with van der Waals surface area (Å²) in [6, 6.07) is 13.6. The highest BCUT2D eigenvalue weighted by molar-refractivity contribution is 5.99. The molecule has 0 radical (unpaired) electrons. The van der Waals surface area contributed by atoms with E-state index in [-0.39, 0.29) is 24.4 Å². The molecule has 7 nitrogen and oxygen atoms in total. The number of nitrogens with one attached hydrogen (secondary N) is 1. The zero-order valence-electron chi connectivity index (χ0n) is 17.9. The minimum absolute atomic E-state index is 0.0331. The predicted molar refractivity (Wildman–Crippen MR) is 123 cm³/mol. The molecule has 1 unspecified atom stereocenters. The van der Waals surface area contributed by atoms with Crippen molar-refractivity contribution in [1.29, 1.82) is 0 Å². The van der Waals surface area contributed by atoms with Crippen LogP contribution < -0.4 is 5.32 Å². The van der Waals surface area contributed by atoms with E-state index in [0.717, 1.165) is 17.7 Å². The quantitative estimate of drug-likeness (QED) is 0.515. The number of benzene rings is 2. The van der Waals surface area contributed by atoms with Crippen molar-refractivity contribution in [3.8, 4) is 0 Å². The molecule has 0 fully saturated rings. The monoisotopic (exact) mass is 430 g/mol. The van der Waals surface area contributed by atoms with Crippen LogP contribution in [-0.4, -0.2) is 59.9 Å². The molecule has 2 aromatic carbocycles. The molecule has 0 saturated heterocycles. The fourth-order valence-corrected chi connectivity index (χ4v) is 4.36. The van der Waals surface area contributed by atoms with E-state index >= 15 is 0 Å². The normalized spacial score (nSPS) is 15.4. The van der Waals surface area contributed by atoms with Crippen LogP contribution in [0.5, 0.6) is 0 Å². The Kier molecular flexibility index (Phi) is 6.47. The number of aliphatic imine (C=N–C) groups is 1. The van der Waals surface area contributed by atoms with Crippen molar-refractivity contribution in [2.75, 3.05) is 25.0 Å². The van der Waals surface area contributed by atoms with Gasteiger partial charge in [-0.15, -0.1) is 0 Å². The molecular weight excluding hydrogens is 404 g/mol. The molecule has 32 heavy (non-hydrogen) atoms. The maximum absolute atomic E-state index is 13.0. The van der Waals surface area contributed by atoms with Gasteiger partial charge in [0.25, 0.3) is 5.91 Å². The molecule has 0 bridgehead atoms. The van der Waals surface area contributed by atoms with Gasteiger partial charge in [-0.25, -0.2) is 4.79 Å². The lowest BCUT2D eigenvalue weighted by Crippen LogP contribution is -2.39. The number of rotatable bonds is 8. The van der Waals surface area contributed by atoms with Gasteiger partial charge in [-0.3, -0.25) is 14.6 Å². The summed E-state index contributed by atoms with van der Waals surface area (Å²) in [5, 5.41) is 3.17. The van der Waals surface area contributed by atoms with E-state index in [4.69, 9.17) is 0 Å². The summed E-state index contributed by atoms with van der Waals surface area (Å²) in [7, 11) is 0. The average molecular weight is 431 g/mol. The number of carbonyl (C=O) groups excluding carboxylic acids is 3. The van der Waals surface area contributed by atoms with Crippen molar-refractivity contribution in [3.63, 3.8) is 0 Å². The van der Waals surface area contributed by atoms with Gasteiger partial charge in [0.1, 0.15) is 5.94 Å².